The molecule has 1 aromatic heterocycles. The van der Waals surface area contributed by atoms with Crippen LogP contribution in [0.2, 0.25) is 0 Å². The molecule has 0 radical (unpaired) electrons. The third kappa shape index (κ3) is 2.36. The van der Waals surface area contributed by atoms with E-state index in [1.165, 1.54) is 0 Å². The van der Waals surface area contributed by atoms with E-state index in [0.29, 0.717) is 6.54 Å². The van der Waals surface area contributed by atoms with E-state index in [4.69, 9.17) is 23.2 Å². The zero-order valence-corrected chi connectivity index (χ0v) is 9.63. The third-order valence-electron chi connectivity index (χ3n) is 1.74. The summed E-state index contributed by atoms with van der Waals surface area (Å²) in [6.07, 6.45) is 1.59. The van der Waals surface area contributed by atoms with E-state index < -0.39 is 0 Å². The topological polar surface area (TPSA) is 22.0 Å². The molecular weight excluding hydrogens is 229 g/mol. The Hall–Kier alpha value is -0.250. The van der Waals surface area contributed by atoms with Crippen molar-refractivity contribution in [1.82, 2.24) is 4.57 Å². The van der Waals surface area contributed by atoms with Gasteiger partial charge in [-0.3, -0.25) is 4.79 Å². The van der Waals surface area contributed by atoms with Crippen molar-refractivity contribution >= 4 is 40.6 Å². The lowest BCUT2D eigenvalue weighted by molar-refractivity contribution is 0.722. The molecule has 0 aliphatic carbocycles. The van der Waals surface area contributed by atoms with Gasteiger partial charge in [0.2, 0.25) is 0 Å². The summed E-state index contributed by atoms with van der Waals surface area (Å²) in [4.78, 5) is 12.2. The van der Waals surface area contributed by atoms with Crippen LogP contribution in [-0.2, 0) is 6.54 Å². The standard InChI is InChI=1S/C8H9Cl2NOS/c1-3-11-5(2)6(4-7(9)10)13-8(11)12/h4H,3H2,1-2H3. The fourth-order valence-corrected chi connectivity index (χ4v) is 2.44. The van der Waals surface area contributed by atoms with Crippen LogP contribution in [0, 0.1) is 6.92 Å². The van der Waals surface area contributed by atoms with Crippen molar-refractivity contribution in [2.45, 2.75) is 20.4 Å². The van der Waals surface area contributed by atoms with Gasteiger partial charge in [-0.2, -0.15) is 0 Å². The average Bonchev–Trinajstić information content (AvgIpc) is 2.26. The average molecular weight is 238 g/mol. The molecule has 0 fully saturated rings. The Morgan fingerprint density at radius 2 is 2.23 bits per heavy atom. The SMILES string of the molecule is CCn1c(C)c(C=C(Cl)Cl)sc1=O. The first-order chi connectivity index (χ1) is 6.06. The molecule has 5 heteroatoms. The summed E-state index contributed by atoms with van der Waals surface area (Å²) in [6, 6.07) is 0. The number of hydrogen-bond acceptors (Lipinski definition) is 2. The second-order valence-electron chi connectivity index (χ2n) is 2.50. The lowest BCUT2D eigenvalue weighted by atomic mass is 10.4. The number of rotatable bonds is 2. The number of nitrogens with zero attached hydrogens (tertiary/aromatic N) is 1. The lowest BCUT2D eigenvalue weighted by Crippen LogP contribution is -2.12. The minimum atomic E-state index is 0.0285. The second kappa shape index (κ2) is 4.31. The Balaban J connectivity index is 3.27. The van der Waals surface area contributed by atoms with Gasteiger partial charge in [0.25, 0.3) is 0 Å². The largest absolute Gasteiger partial charge is 0.307 e. The molecule has 0 unspecified atom stereocenters. The molecule has 0 saturated carbocycles. The highest BCUT2D eigenvalue weighted by Gasteiger charge is 2.07. The highest BCUT2D eigenvalue weighted by atomic mass is 35.5. The van der Waals surface area contributed by atoms with Crippen LogP contribution in [0.4, 0.5) is 0 Å². The van der Waals surface area contributed by atoms with Crippen molar-refractivity contribution in [2.24, 2.45) is 0 Å². The molecule has 0 N–H and O–H groups in total. The van der Waals surface area contributed by atoms with Gasteiger partial charge in [-0.15, -0.1) is 0 Å². The Kier molecular flexibility index (Phi) is 3.59. The van der Waals surface area contributed by atoms with Crippen molar-refractivity contribution in [2.75, 3.05) is 0 Å². The van der Waals surface area contributed by atoms with Crippen LogP contribution in [0.3, 0.4) is 0 Å². The molecule has 13 heavy (non-hydrogen) atoms. The van der Waals surface area contributed by atoms with Gasteiger partial charge in [0.1, 0.15) is 4.49 Å². The van der Waals surface area contributed by atoms with Crippen molar-refractivity contribution < 1.29 is 0 Å². The molecule has 1 rings (SSSR count). The smallest absolute Gasteiger partial charge is 0.303 e. The number of halogens is 2. The molecule has 72 valence electrons. The van der Waals surface area contributed by atoms with E-state index in [1.807, 2.05) is 13.8 Å². The van der Waals surface area contributed by atoms with Crippen LogP contribution in [0.15, 0.2) is 9.29 Å². The van der Waals surface area contributed by atoms with Crippen LogP contribution >= 0.6 is 34.5 Å². The normalized spacial score (nSPS) is 10.2. The maximum Gasteiger partial charge on any atom is 0.307 e. The molecule has 2 nitrogen and oxygen atoms in total. The summed E-state index contributed by atoms with van der Waals surface area (Å²) >= 11 is 12.2. The molecule has 0 saturated heterocycles. The van der Waals surface area contributed by atoms with Crippen LogP contribution in [0.1, 0.15) is 17.5 Å². The van der Waals surface area contributed by atoms with Crippen molar-refractivity contribution in [3.05, 3.63) is 24.7 Å². The summed E-state index contributed by atoms with van der Waals surface area (Å²) in [5, 5.41) is 0. The first kappa shape index (κ1) is 10.8. The summed E-state index contributed by atoms with van der Waals surface area (Å²) < 4.78 is 1.86. The number of aromatic nitrogens is 1. The van der Waals surface area contributed by atoms with E-state index in [0.717, 1.165) is 21.9 Å². The zero-order chi connectivity index (χ0) is 10.0. The van der Waals surface area contributed by atoms with Crippen molar-refractivity contribution in [3.8, 4) is 0 Å². The van der Waals surface area contributed by atoms with Gasteiger partial charge < -0.3 is 4.57 Å². The van der Waals surface area contributed by atoms with Crippen LogP contribution < -0.4 is 4.87 Å². The third-order valence-corrected chi connectivity index (χ3v) is 2.98. The molecule has 1 heterocycles. The van der Waals surface area contributed by atoms with E-state index in [2.05, 4.69) is 0 Å². The summed E-state index contributed by atoms with van der Waals surface area (Å²) in [5.41, 5.74) is 0.913. The van der Waals surface area contributed by atoms with E-state index in [9.17, 15) is 4.79 Å². The monoisotopic (exact) mass is 237 g/mol. The fraction of sp³-hybridized carbons (Fsp3) is 0.375. The highest BCUT2D eigenvalue weighted by molar-refractivity contribution is 7.10. The number of thiazole rings is 1. The first-order valence-electron chi connectivity index (χ1n) is 3.79. The van der Waals surface area contributed by atoms with Gasteiger partial charge in [-0.1, -0.05) is 34.5 Å². The number of hydrogen-bond donors (Lipinski definition) is 0. The molecule has 0 amide bonds. The highest BCUT2D eigenvalue weighted by Crippen LogP contribution is 2.19. The molecule has 0 atom stereocenters. The van der Waals surface area contributed by atoms with Gasteiger partial charge in [0.15, 0.2) is 0 Å². The Morgan fingerprint density at radius 1 is 1.62 bits per heavy atom. The molecule has 0 bridgehead atoms. The Bertz CT molecular complexity index is 387. The zero-order valence-electron chi connectivity index (χ0n) is 7.30. The fourth-order valence-electron chi connectivity index (χ4n) is 1.09. The van der Waals surface area contributed by atoms with Gasteiger partial charge in [0.05, 0.1) is 4.88 Å². The van der Waals surface area contributed by atoms with E-state index >= 15 is 0 Å². The van der Waals surface area contributed by atoms with Crippen molar-refractivity contribution in [1.29, 1.82) is 0 Å². The first-order valence-corrected chi connectivity index (χ1v) is 5.36. The minimum Gasteiger partial charge on any atom is -0.303 e. The predicted molar refractivity (Wildman–Crippen MR) is 58.7 cm³/mol. The van der Waals surface area contributed by atoms with Gasteiger partial charge >= 0.3 is 4.87 Å². The maximum absolute atomic E-state index is 11.3. The predicted octanol–water partition coefficient (Wildman–Crippen LogP) is 3.01. The van der Waals surface area contributed by atoms with Crippen LogP contribution in [-0.4, -0.2) is 4.57 Å². The lowest BCUT2D eigenvalue weighted by Gasteiger charge is -1.98. The van der Waals surface area contributed by atoms with Crippen LogP contribution in [0.25, 0.3) is 6.08 Å². The summed E-state index contributed by atoms with van der Waals surface area (Å²) in [6.45, 7) is 4.48. The molecular formula is C8H9Cl2NOS. The van der Waals surface area contributed by atoms with Crippen LogP contribution in [0.5, 0.6) is 0 Å². The van der Waals surface area contributed by atoms with E-state index in [-0.39, 0.29) is 9.36 Å². The molecule has 0 aliphatic rings. The maximum atomic E-state index is 11.3. The summed E-state index contributed by atoms with van der Waals surface area (Å²) in [7, 11) is 0. The minimum absolute atomic E-state index is 0.0285. The van der Waals surface area contributed by atoms with Gasteiger partial charge in [-0.25, -0.2) is 0 Å². The van der Waals surface area contributed by atoms with Gasteiger partial charge in [-0.05, 0) is 19.9 Å². The Labute approximate surface area is 90.4 Å². The second-order valence-corrected chi connectivity index (χ2v) is 4.50. The van der Waals surface area contributed by atoms with Gasteiger partial charge in [0, 0.05) is 12.2 Å². The Morgan fingerprint density at radius 3 is 2.62 bits per heavy atom. The van der Waals surface area contributed by atoms with Crippen molar-refractivity contribution in [3.63, 3.8) is 0 Å². The quantitative estimate of drug-likeness (QED) is 0.776. The van der Waals surface area contributed by atoms with E-state index in [1.54, 1.807) is 10.6 Å². The molecule has 0 aromatic carbocycles. The molecule has 0 aliphatic heterocycles. The molecule has 1 aromatic rings. The molecule has 0 spiro atoms. The summed E-state index contributed by atoms with van der Waals surface area (Å²) in [5.74, 6) is 0.